The Hall–Kier alpha value is -3.21. The van der Waals surface area contributed by atoms with Gasteiger partial charge in [-0.05, 0) is 25.5 Å². The second-order valence-electron chi connectivity index (χ2n) is 6.72. The molecule has 0 saturated carbocycles. The van der Waals surface area contributed by atoms with Gasteiger partial charge in [-0.15, -0.1) is 0 Å². The van der Waals surface area contributed by atoms with Crippen LogP contribution in [-0.4, -0.2) is 27.6 Å². The number of carbonyl (C=O) groups is 1. The van der Waals surface area contributed by atoms with Crippen LogP contribution in [0.4, 0.5) is 0 Å². The first-order valence-corrected chi connectivity index (χ1v) is 8.91. The van der Waals surface area contributed by atoms with E-state index in [0.717, 1.165) is 16.7 Å². The van der Waals surface area contributed by atoms with Gasteiger partial charge in [-0.1, -0.05) is 60.2 Å². The average Bonchev–Trinajstić information content (AvgIpc) is 2.68. The van der Waals surface area contributed by atoms with E-state index in [1.54, 1.807) is 24.9 Å². The Balaban J connectivity index is 1.84. The molecule has 2 aromatic carbocycles. The standard InChI is InChI=1S/C22H23N3O2/c1-16-9-11-19(12-10-16)20-13-14-21(26)25(23-20)17(2)22(27)24(3)15-18-7-5-4-6-8-18/h4-14,17H,15H2,1-3H3. The van der Waals surface area contributed by atoms with Crippen LogP contribution in [0.15, 0.2) is 71.5 Å². The van der Waals surface area contributed by atoms with Crippen molar-refractivity contribution in [1.29, 1.82) is 0 Å². The highest BCUT2D eigenvalue weighted by atomic mass is 16.2. The summed E-state index contributed by atoms with van der Waals surface area (Å²) in [5.74, 6) is -0.158. The van der Waals surface area contributed by atoms with E-state index in [4.69, 9.17) is 0 Å². The van der Waals surface area contributed by atoms with Crippen LogP contribution in [0, 0.1) is 6.92 Å². The number of carbonyl (C=O) groups excluding carboxylic acids is 1. The first-order chi connectivity index (χ1) is 13.0. The van der Waals surface area contributed by atoms with Gasteiger partial charge >= 0.3 is 0 Å². The maximum absolute atomic E-state index is 12.8. The molecule has 0 bridgehead atoms. The molecule has 1 aromatic heterocycles. The van der Waals surface area contributed by atoms with E-state index in [1.807, 2.05) is 61.5 Å². The van der Waals surface area contributed by atoms with E-state index in [-0.39, 0.29) is 11.5 Å². The zero-order valence-electron chi connectivity index (χ0n) is 15.8. The molecule has 3 aromatic rings. The van der Waals surface area contributed by atoms with E-state index in [1.165, 1.54) is 10.7 Å². The van der Waals surface area contributed by atoms with Gasteiger partial charge in [0, 0.05) is 25.2 Å². The molecule has 5 heteroatoms. The lowest BCUT2D eigenvalue weighted by atomic mass is 10.1. The highest BCUT2D eigenvalue weighted by Crippen LogP contribution is 2.17. The third kappa shape index (κ3) is 4.31. The molecule has 0 fully saturated rings. The van der Waals surface area contributed by atoms with Gasteiger partial charge in [0.15, 0.2) is 0 Å². The minimum Gasteiger partial charge on any atom is -0.340 e. The number of hydrogen-bond donors (Lipinski definition) is 0. The van der Waals surface area contributed by atoms with Crippen molar-refractivity contribution in [2.24, 2.45) is 0 Å². The molecule has 3 rings (SSSR count). The molecule has 0 N–H and O–H groups in total. The first kappa shape index (κ1) is 18.6. The smallest absolute Gasteiger partial charge is 0.267 e. The van der Waals surface area contributed by atoms with Gasteiger partial charge in [0.05, 0.1) is 5.69 Å². The Kier molecular flexibility index (Phi) is 5.50. The lowest BCUT2D eigenvalue weighted by molar-refractivity contribution is -0.133. The summed E-state index contributed by atoms with van der Waals surface area (Å²) < 4.78 is 1.26. The molecular formula is C22H23N3O2. The summed E-state index contributed by atoms with van der Waals surface area (Å²) in [5, 5.41) is 4.44. The fourth-order valence-electron chi connectivity index (χ4n) is 2.94. The lowest BCUT2D eigenvalue weighted by Crippen LogP contribution is -2.37. The molecule has 0 aliphatic rings. The van der Waals surface area contributed by atoms with Crippen LogP contribution in [0.5, 0.6) is 0 Å². The Morgan fingerprint density at radius 1 is 1.04 bits per heavy atom. The predicted molar refractivity (Wildman–Crippen MR) is 106 cm³/mol. The minimum atomic E-state index is -0.684. The van der Waals surface area contributed by atoms with Gasteiger partial charge in [-0.3, -0.25) is 9.59 Å². The van der Waals surface area contributed by atoms with Crippen molar-refractivity contribution >= 4 is 5.91 Å². The van der Waals surface area contributed by atoms with Crippen molar-refractivity contribution in [3.63, 3.8) is 0 Å². The summed E-state index contributed by atoms with van der Waals surface area (Å²) in [6, 6.07) is 20.1. The molecule has 1 unspecified atom stereocenters. The molecule has 1 atom stereocenters. The number of amides is 1. The van der Waals surface area contributed by atoms with Crippen LogP contribution in [0.2, 0.25) is 0 Å². The van der Waals surface area contributed by atoms with E-state index in [0.29, 0.717) is 12.2 Å². The maximum Gasteiger partial charge on any atom is 0.267 e. The van der Waals surface area contributed by atoms with Crippen molar-refractivity contribution in [1.82, 2.24) is 14.7 Å². The van der Waals surface area contributed by atoms with Crippen molar-refractivity contribution in [2.45, 2.75) is 26.4 Å². The van der Waals surface area contributed by atoms with Crippen LogP contribution in [0.1, 0.15) is 24.1 Å². The molecule has 1 amide bonds. The van der Waals surface area contributed by atoms with E-state index in [2.05, 4.69) is 5.10 Å². The maximum atomic E-state index is 12.8. The molecule has 0 aliphatic carbocycles. The van der Waals surface area contributed by atoms with Crippen LogP contribution in [-0.2, 0) is 11.3 Å². The molecule has 27 heavy (non-hydrogen) atoms. The number of nitrogens with zero attached hydrogens (tertiary/aromatic N) is 3. The van der Waals surface area contributed by atoms with Gasteiger partial charge in [-0.2, -0.15) is 5.10 Å². The average molecular weight is 361 g/mol. The summed E-state index contributed by atoms with van der Waals surface area (Å²) in [4.78, 5) is 26.7. The van der Waals surface area contributed by atoms with Crippen LogP contribution in [0.3, 0.4) is 0 Å². The number of likely N-dealkylation sites (N-methyl/N-ethyl adjacent to an activating group) is 1. The third-order valence-electron chi connectivity index (χ3n) is 4.54. The Labute approximate surface area is 158 Å². The first-order valence-electron chi connectivity index (χ1n) is 8.91. The van der Waals surface area contributed by atoms with E-state index >= 15 is 0 Å². The quantitative estimate of drug-likeness (QED) is 0.699. The number of rotatable bonds is 5. The Morgan fingerprint density at radius 3 is 2.37 bits per heavy atom. The van der Waals surface area contributed by atoms with Crippen molar-refractivity contribution < 1.29 is 4.79 Å². The highest BCUT2D eigenvalue weighted by Gasteiger charge is 2.21. The summed E-state index contributed by atoms with van der Waals surface area (Å²) in [6.07, 6.45) is 0. The monoisotopic (exact) mass is 361 g/mol. The predicted octanol–water partition coefficient (Wildman–Crippen LogP) is 3.44. The molecule has 138 valence electrons. The number of aromatic nitrogens is 2. The van der Waals surface area contributed by atoms with E-state index < -0.39 is 6.04 Å². The van der Waals surface area contributed by atoms with E-state index in [9.17, 15) is 9.59 Å². The fourth-order valence-corrected chi connectivity index (χ4v) is 2.94. The second kappa shape index (κ2) is 7.99. The van der Waals surface area contributed by atoms with Crippen LogP contribution in [0.25, 0.3) is 11.3 Å². The van der Waals surface area contributed by atoms with Crippen molar-refractivity contribution in [3.05, 3.63) is 88.2 Å². The van der Waals surface area contributed by atoms with Gasteiger partial charge in [0.25, 0.3) is 5.56 Å². The van der Waals surface area contributed by atoms with Gasteiger partial charge in [0.2, 0.25) is 5.91 Å². The molecular weight excluding hydrogens is 338 g/mol. The SMILES string of the molecule is Cc1ccc(-c2ccc(=O)n(C(C)C(=O)N(C)Cc3ccccc3)n2)cc1. The Morgan fingerprint density at radius 2 is 1.70 bits per heavy atom. The minimum absolute atomic E-state index is 0.158. The lowest BCUT2D eigenvalue weighted by Gasteiger charge is -2.22. The molecule has 0 spiro atoms. The van der Waals surface area contributed by atoms with Gasteiger partial charge in [-0.25, -0.2) is 4.68 Å². The van der Waals surface area contributed by atoms with Crippen LogP contribution >= 0.6 is 0 Å². The summed E-state index contributed by atoms with van der Waals surface area (Å²) in [7, 11) is 1.74. The topological polar surface area (TPSA) is 55.2 Å². The fraction of sp³-hybridized carbons (Fsp3) is 0.227. The zero-order valence-corrected chi connectivity index (χ0v) is 15.8. The van der Waals surface area contributed by atoms with Crippen molar-refractivity contribution in [2.75, 3.05) is 7.05 Å². The summed E-state index contributed by atoms with van der Waals surface area (Å²) in [5.41, 5.74) is 3.47. The number of benzene rings is 2. The Bertz CT molecular complexity index is 978. The summed E-state index contributed by atoms with van der Waals surface area (Å²) >= 11 is 0. The normalized spacial score (nSPS) is 11.8. The molecule has 5 nitrogen and oxygen atoms in total. The second-order valence-corrected chi connectivity index (χ2v) is 6.72. The van der Waals surface area contributed by atoms with Crippen LogP contribution < -0.4 is 5.56 Å². The largest absolute Gasteiger partial charge is 0.340 e. The molecule has 1 heterocycles. The third-order valence-corrected chi connectivity index (χ3v) is 4.54. The summed E-state index contributed by atoms with van der Waals surface area (Å²) in [6.45, 7) is 4.20. The highest BCUT2D eigenvalue weighted by molar-refractivity contribution is 5.79. The number of aryl methyl sites for hydroxylation is 1. The van der Waals surface area contributed by atoms with Crippen molar-refractivity contribution in [3.8, 4) is 11.3 Å². The molecule has 0 saturated heterocycles. The number of hydrogen-bond acceptors (Lipinski definition) is 3. The van der Waals surface area contributed by atoms with Gasteiger partial charge in [0.1, 0.15) is 6.04 Å². The molecule has 0 aliphatic heterocycles. The zero-order chi connectivity index (χ0) is 19.4. The van der Waals surface area contributed by atoms with Gasteiger partial charge < -0.3 is 4.90 Å². The molecule has 0 radical (unpaired) electrons.